The number of carbonyl (C=O) groups is 1. The van der Waals surface area contributed by atoms with E-state index in [4.69, 9.17) is 5.11 Å². The Kier molecular flexibility index (Phi) is 4.62. The lowest BCUT2D eigenvalue weighted by atomic mass is 9.90. The van der Waals surface area contributed by atoms with E-state index in [1.165, 1.54) is 6.42 Å². The van der Waals surface area contributed by atoms with Gasteiger partial charge in [-0.25, -0.2) is 0 Å². The number of aliphatic hydroxyl groups excluding tert-OH is 1. The lowest BCUT2D eigenvalue weighted by Gasteiger charge is -2.35. The fraction of sp³-hybridized carbons (Fsp3) is 0.938. The average molecular weight is 334 g/mol. The van der Waals surface area contributed by atoms with Gasteiger partial charge < -0.3 is 14.9 Å². The summed E-state index contributed by atoms with van der Waals surface area (Å²) in [6.07, 6.45) is -1.07. The Morgan fingerprint density at radius 2 is 1.74 bits per heavy atom. The molecule has 1 N–H and O–H groups in total. The maximum atomic E-state index is 12.5. The summed E-state index contributed by atoms with van der Waals surface area (Å²) in [5, 5.41) is 9.17. The molecular weight excluding hydrogens is 309 g/mol. The van der Waals surface area contributed by atoms with Gasteiger partial charge in [0.25, 0.3) is 0 Å². The van der Waals surface area contributed by atoms with Crippen LogP contribution in [0.2, 0.25) is 0 Å². The van der Waals surface area contributed by atoms with Gasteiger partial charge in [0.1, 0.15) is 0 Å². The molecule has 0 aromatic rings. The third-order valence-electron chi connectivity index (χ3n) is 5.82. The van der Waals surface area contributed by atoms with Crippen LogP contribution >= 0.6 is 0 Å². The molecule has 4 nitrogen and oxygen atoms in total. The summed E-state index contributed by atoms with van der Waals surface area (Å²) in [5.74, 6) is 0.337. The number of rotatable bonds is 3. The number of piperidine rings is 2. The summed E-state index contributed by atoms with van der Waals surface area (Å²) >= 11 is 0. The fourth-order valence-electron chi connectivity index (χ4n) is 4.11. The van der Waals surface area contributed by atoms with Crippen molar-refractivity contribution in [2.45, 2.75) is 50.8 Å². The van der Waals surface area contributed by atoms with Gasteiger partial charge in [0.2, 0.25) is 5.91 Å². The molecule has 2 atom stereocenters. The summed E-state index contributed by atoms with van der Waals surface area (Å²) in [6.45, 7) is 2.43. The van der Waals surface area contributed by atoms with Crippen LogP contribution in [0.5, 0.6) is 0 Å². The minimum Gasteiger partial charge on any atom is -0.382 e. The lowest BCUT2D eigenvalue weighted by molar-refractivity contribution is -0.208. The van der Waals surface area contributed by atoms with Crippen molar-refractivity contribution in [1.29, 1.82) is 0 Å². The minimum absolute atomic E-state index is 0.0220. The molecule has 2 saturated heterocycles. The molecule has 1 spiro atoms. The Morgan fingerprint density at radius 1 is 1.13 bits per heavy atom. The van der Waals surface area contributed by atoms with E-state index < -0.39 is 12.3 Å². The number of carbonyl (C=O) groups excluding carboxylic acids is 1. The zero-order valence-corrected chi connectivity index (χ0v) is 13.3. The van der Waals surface area contributed by atoms with Crippen LogP contribution in [0.3, 0.4) is 0 Å². The van der Waals surface area contributed by atoms with Crippen LogP contribution in [0.1, 0.15) is 38.5 Å². The number of likely N-dealkylation sites (tertiary alicyclic amines) is 2. The molecule has 3 rings (SSSR count). The summed E-state index contributed by atoms with van der Waals surface area (Å²) in [7, 11) is 0. The zero-order valence-electron chi connectivity index (χ0n) is 13.3. The minimum atomic E-state index is -4.55. The van der Waals surface area contributed by atoms with Gasteiger partial charge in [-0.05, 0) is 57.0 Å². The SMILES string of the molecule is O=C([C@H]1CC12CCN(C[C@H](O)C(F)(F)F)CC2)N1CCCCC1. The van der Waals surface area contributed by atoms with E-state index in [2.05, 4.69) is 0 Å². The summed E-state index contributed by atoms with van der Waals surface area (Å²) in [6, 6.07) is 0. The van der Waals surface area contributed by atoms with Crippen LogP contribution in [-0.2, 0) is 4.79 Å². The van der Waals surface area contributed by atoms with Gasteiger partial charge in [0, 0.05) is 25.6 Å². The maximum Gasteiger partial charge on any atom is 0.415 e. The molecule has 1 amide bonds. The first-order valence-electron chi connectivity index (χ1n) is 8.58. The van der Waals surface area contributed by atoms with Gasteiger partial charge >= 0.3 is 6.18 Å². The molecule has 2 aliphatic heterocycles. The normalized spacial score (nSPS) is 29.6. The Bertz CT molecular complexity index is 441. The van der Waals surface area contributed by atoms with E-state index in [0.29, 0.717) is 13.1 Å². The van der Waals surface area contributed by atoms with Crippen molar-refractivity contribution < 1.29 is 23.1 Å². The van der Waals surface area contributed by atoms with E-state index >= 15 is 0 Å². The highest BCUT2D eigenvalue weighted by Crippen LogP contribution is 2.60. The van der Waals surface area contributed by atoms with Crippen molar-refractivity contribution >= 4 is 5.91 Å². The molecule has 3 fully saturated rings. The maximum absolute atomic E-state index is 12.5. The molecule has 0 unspecified atom stereocenters. The first kappa shape index (κ1) is 17.0. The number of hydrogen-bond donors (Lipinski definition) is 1. The molecule has 3 aliphatic rings. The number of hydrogen-bond acceptors (Lipinski definition) is 3. The van der Waals surface area contributed by atoms with E-state index in [0.717, 1.165) is 45.2 Å². The van der Waals surface area contributed by atoms with Crippen LogP contribution in [0, 0.1) is 11.3 Å². The van der Waals surface area contributed by atoms with Crippen LogP contribution in [0.25, 0.3) is 0 Å². The molecule has 132 valence electrons. The van der Waals surface area contributed by atoms with Crippen molar-refractivity contribution in [2.75, 3.05) is 32.7 Å². The molecule has 0 bridgehead atoms. The highest BCUT2D eigenvalue weighted by Gasteiger charge is 2.59. The third kappa shape index (κ3) is 3.65. The van der Waals surface area contributed by atoms with Gasteiger partial charge in [0.05, 0.1) is 0 Å². The average Bonchev–Trinajstić information content (AvgIpc) is 3.23. The van der Waals surface area contributed by atoms with Crippen molar-refractivity contribution in [3.8, 4) is 0 Å². The number of halogens is 3. The molecule has 0 aromatic carbocycles. The lowest BCUT2D eigenvalue weighted by Crippen LogP contribution is -2.45. The summed E-state index contributed by atoms with van der Waals surface area (Å²) in [4.78, 5) is 16.2. The summed E-state index contributed by atoms with van der Waals surface area (Å²) in [5.41, 5.74) is 0.0220. The van der Waals surface area contributed by atoms with Crippen molar-refractivity contribution in [2.24, 2.45) is 11.3 Å². The molecule has 1 aliphatic carbocycles. The second-order valence-electron chi connectivity index (χ2n) is 7.36. The van der Waals surface area contributed by atoms with Gasteiger partial charge in [-0.15, -0.1) is 0 Å². The van der Waals surface area contributed by atoms with Crippen LogP contribution in [0.15, 0.2) is 0 Å². The number of nitrogens with zero attached hydrogens (tertiary/aromatic N) is 2. The van der Waals surface area contributed by atoms with Crippen molar-refractivity contribution in [1.82, 2.24) is 9.80 Å². The molecular formula is C16H25F3N2O2. The molecule has 7 heteroatoms. The molecule has 0 aromatic heterocycles. The first-order chi connectivity index (χ1) is 10.8. The summed E-state index contributed by atoms with van der Waals surface area (Å²) < 4.78 is 37.2. The quantitative estimate of drug-likeness (QED) is 0.859. The second-order valence-corrected chi connectivity index (χ2v) is 7.36. The number of amides is 1. The Morgan fingerprint density at radius 3 is 2.30 bits per heavy atom. The Labute approximate surface area is 134 Å². The Balaban J connectivity index is 1.47. The van der Waals surface area contributed by atoms with Crippen molar-refractivity contribution in [3.63, 3.8) is 0 Å². The molecule has 1 saturated carbocycles. The van der Waals surface area contributed by atoms with Gasteiger partial charge in [-0.2, -0.15) is 13.2 Å². The number of aliphatic hydroxyl groups is 1. The number of β-amino-alcohol motifs (C(OH)–C–C–N with tert-alkyl or cyclic N) is 1. The fourth-order valence-corrected chi connectivity index (χ4v) is 4.11. The van der Waals surface area contributed by atoms with Crippen LogP contribution < -0.4 is 0 Å². The van der Waals surface area contributed by atoms with E-state index in [9.17, 15) is 18.0 Å². The highest BCUT2D eigenvalue weighted by molar-refractivity contribution is 5.82. The number of alkyl halides is 3. The van der Waals surface area contributed by atoms with Gasteiger partial charge in [-0.3, -0.25) is 4.79 Å². The monoisotopic (exact) mass is 334 g/mol. The molecule has 0 radical (unpaired) electrons. The molecule has 2 heterocycles. The Hall–Kier alpha value is -0.820. The van der Waals surface area contributed by atoms with Gasteiger partial charge in [0.15, 0.2) is 6.10 Å². The predicted octanol–water partition coefficient (Wildman–Crippen LogP) is 2.02. The second kappa shape index (κ2) is 6.24. The highest BCUT2D eigenvalue weighted by atomic mass is 19.4. The van der Waals surface area contributed by atoms with Gasteiger partial charge in [-0.1, -0.05) is 0 Å². The van der Waals surface area contributed by atoms with Crippen LogP contribution in [0.4, 0.5) is 13.2 Å². The predicted molar refractivity (Wildman–Crippen MR) is 78.7 cm³/mol. The standard InChI is InChI=1S/C16H25F3N2O2/c17-16(18,19)13(22)11-20-8-4-15(5-9-20)10-12(15)14(23)21-6-2-1-3-7-21/h12-13,22H,1-11H2/t12-,13+/m1/s1. The van der Waals surface area contributed by atoms with E-state index in [-0.39, 0.29) is 23.8 Å². The topological polar surface area (TPSA) is 43.8 Å². The third-order valence-corrected chi connectivity index (χ3v) is 5.82. The van der Waals surface area contributed by atoms with E-state index in [1.54, 1.807) is 4.90 Å². The zero-order chi connectivity index (χ0) is 16.7. The smallest absolute Gasteiger partial charge is 0.382 e. The largest absolute Gasteiger partial charge is 0.415 e. The molecule has 23 heavy (non-hydrogen) atoms. The van der Waals surface area contributed by atoms with Crippen molar-refractivity contribution in [3.05, 3.63) is 0 Å². The van der Waals surface area contributed by atoms with Crippen LogP contribution in [-0.4, -0.2) is 65.8 Å². The first-order valence-corrected chi connectivity index (χ1v) is 8.58. The van der Waals surface area contributed by atoms with E-state index in [1.807, 2.05) is 4.90 Å².